The van der Waals surface area contributed by atoms with Crippen LogP contribution in [-0.2, 0) is 0 Å². The Labute approximate surface area is 149 Å². The molecule has 2 aromatic carbocycles. The quantitative estimate of drug-likeness (QED) is 0.380. The highest BCUT2D eigenvalue weighted by molar-refractivity contribution is 14.1. The number of amides is 1. The third kappa shape index (κ3) is 4.40. The Morgan fingerprint density at radius 3 is 2.57 bits per heavy atom. The first-order valence-electron chi connectivity index (χ1n) is 6.05. The van der Waals surface area contributed by atoms with Gasteiger partial charge in [0.2, 0.25) is 0 Å². The number of nitrogens with zero attached hydrogens (tertiary/aromatic N) is 1. The van der Waals surface area contributed by atoms with Gasteiger partial charge < -0.3 is 5.11 Å². The van der Waals surface area contributed by atoms with E-state index in [2.05, 4.69) is 33.1 Å². The summed E-state index contributed by atoms with van der Waals surface area (Å²) in [5.41, 5.74) is 4.64. The van der Waals surface area contributed by atoms with E-state index < -0.39 is 0 Å². The number of phenolic OH excluding ortho intramolecular Hbond substituents is 1. The third-order valence-electron chi connectivity index (χ3n) is 2.74. The van der Waals surface area contributed by atoms with Gasteiger partial charge in [0.05, 0.1) is 9.78 Å². The maximum atomic E-state index is 11.9. The molecule has 21 heavy (non-hydrogen) atoms. The monoisotopic (exact) mass is 506 g/mol. The number of halogens is 2. The van der Waals surface area contributed by atoms with Crippen LogP contribution in [0.1, 0.15) is 21.5 Å². The number of hydrazone groups is 1. The highest BCUT2D eigenvalue weighted by atomic mass is 127. The first kappa shape index (κ1) is 16.2. The van der Waals surface area contributed by atoms with E-state index in [9.17, 15) is 9.90 Å². The van der Waals surface area contributed by atoms with Gasteiger partial charge in [0.15, 0.2) is 0 Å². The van der Waals surface area contributed by atoms with Gasteiger partial charge in [0.1, 0.15) is 5.75 Å². The number of hydrogen-bond acceptors (Lipinski definition) is 3. The van der Waals surface area contributed by atoms with Crippen LogP contribution in [0.25, 0.3) is 0 Å². The largest absolute Gasteiger partial charge is 0.506 e. The average molecular weight is 506 g/mol. The predicted molar refractivity (Wildman–Crippen MR) is 99.8 cm³/mol. The van der Waals surface area contributed by atoms with Crippen LogP contribution in [0.4, 0.5) is 0 Å². The van der Waals surface area contributed by atoms with Gasteiger partial charge in [-0.1, -0.05) is 17.7 Å². The highest BCUT2D eigenvalue weighted by Crippen LogP contribution is 2.25. The van der Waals surface area contributed by atoms with Gasteiger partial charge >= 0.3 is 0 Å². The van der Waals surface area contributed by atoms with Crippen LogP contribution in [-0.4, -0.2) is 17.2 Å². The Morgan fingerprint density at radius 2 is 1.90 bits per heavy atom. The molecule has 0 saturated carbocycles. The Bertz CT molecular complexity index is 698. The molecule has 2 aromatic rings. The van der Waals surface area contributed by atoms with Crippen molar-refractivity contribution in [3.63, 3.8) is 0 Å². The number of hydrogen-bond donors (Lipinski definition) is 2. The zero-order valence-electron chi connectivity index (χ0n) is 11.1. The SMILES string of the molecule is Cc1ccc(C(=O)N/N=C/c2cc(I)cc(I)c2O)cc1. The minimum atomic E-state index is -0.286. The molecule has 0 bridgehead atoms. The second-order valence-electron chi connectivity index (χ2n) is 4.39. The summed E-state index contributed by atoms with van der Waals surface area (Å²) in [5, 5.41) is 13.8. The maximum absolute atomic E-state index is 11.9. The zero-order valence-corrected chi connectivity index (χ0v) is 15.4. The highest BCUT2D eigenvalue weighted by Gasteiger charge is 2.06. The molecule has 0 aliphatic carbocycles. The lowest BCUT2D eigenvalue weighted by Crippen LogP contribution is -2.17. The summed E-state index contributed by atoms with van der Waals surface area (Å²) in [6.07, 6.45) is 1.44. The lowest BCUT2D eigenvalue weighted by atomic mass is 10.1. The number of nitrogens with one attached hydrogen (secondary N) is 1. The fraction of sp³-hybridized carbons (Fsp3) is 0.0667. The van der Waals surface area contributed by atoms with E-state index in [4.69, 9.17) is 0 Å². The summed E-state index contributed by atoms with van der Waals surface area (Å²) in [6, 6.07) is 10.9. The molecule has 0 aliphatic heterocycles. The standard InChI is InChI=1S/C15H12I2N2O2/c1-9-2-4-10(5-3-9)15(21)19-18-8-11-6-12(16)7-13(17)14(11)20/h2-8,20H,1H3,(H,19,21)/b18-8+. The molecule has 4 nitrogen and oxygen atoms in total. The minimum Gasteiger partial charge on any atom is -0.506 e. The second kappa shape index (κ2) is 7.21. The number of benzene rings is 2. The van der Waals surface area contributed by atoms with Crippen molar-refractivity contribution in [1.29, 1.82) is 0 Å². The average Bonchev–Trinajstić information content (AvgIpc) is 2.44. The number of aromatic hydroxyl groups is 1. The smallest absolute Gasteiger partial charge is 0.271 e. The first-order chi connectivity index (χ1) is 9.97. The minimum absolute atomic E-state index is 0.157. The molecule has 0 aromatic heterocycles. The van der Waals surface area contributed by atoms with E-state index in [0.717, 1.165) is 12.7 Å². The van der Waals surface area contributed by atoms with Gasteiger partial charge in [-0.3, -0.25) is 4.79 Å². The molecule has 6 heteroatoms. The van der Waals surface area contributed by atoms with E-state index in [1.54, 1.807) is 18.2 Å². The van der Waals surface area contributed by atoms with Crippen LogP contribution in [0, 0.1) is 14.1 Å². The molecule has 0 heterocycles. The Hall–Kier alpha value is -1.16. The molecule has 1 amide bonds. The van der Waals surface area contributed by atoms with Gasteiger partial charge in [-0.05, 0) is 76.4 Å². The summed E-state index contributed by atoms with van der Waals surface area (Å²) >= 11 is 4.21. The van der Waals surface area contributed by atoms with Crippen LogP contribution in [0.5, 0.6) is 5.75 Å². The number of rotatable bonds is 3. The zero-order chi connectivity index (χ0) is 15.4. The summed E-state index contributed by atoms with van der Waals surface area (Å²) < 4.78 is 1.73. The molecule has 0 radical (unpaired) electrons. The van der Waals surface area contributed by atoms with Crippen molar-refractivity contribution in [3.8, 4) is 5.75 Å². The van der Waals surface area contributed by atoms with Crippen molar-refractivity contribution >= 4 is 57.3 Å². The van der Waals surface area contributed by atoms with E-state index in [1.165, 1.54) is 6.21 Å². The Kier molecular flexibility index (Phi) is 5.57. The van der Waals surface area contributed by atoms with Crippen molar-refractivity contribution in [2.75, 3.05) is 0 Å². The van der Waals surface area contributed by atoms with Crippen LogP contribution in [0.3, 0.4) is 0 Å². The second-order valence-corrected chi connectivity index (χ2v) is 6.80. The number of aryl methyl sites for hydroxylation is 1. The van der Waals surface area contributed by atoms with Gasteiger partial charge in [-0.2, -0.15) is 5.10 Å². The van der Waals surface area contributed by atoms with Crippen LogP contribution in [0.2, 0.25) is 0 Å². The molecule has 0 fully saturated rings. The van der Waals surface area contributed by atoms with Gasteiger partial charge in [0, 0.05) is 14.7 Å². The van der Waals surface area contributed by atoms with E-state index in [-0.39, 0.29) is 11.7 Å². The Morgan fingerprint density at radius 1 is 1.24 bits per heavy atom. The van der Waals surface area contributed by atoms with Crippen molar-refractivity contribution in [1.82, 2.24) is 5.43 Å². The van der Waals surface area contributed by atoms with Gasteiger partial charge in [-0.25, -0.2) is 5.43 Å². The molecular weight excluding hydrogens is 494 g/mol. The van der Waals surface area contributed by atoms with Crippen molar-refractivity contribution in [2.45, 2.75) is 6.92 Å². The summed E-state index contributed by atoms with van der Waals surface area (Å²) in [5.74, 6) is -0.129. The maximum Gasteiger partial charge on any atom is 0.271 e. The predicted octanol–water partition coefficient (Wildman–Crippen LogP) is 3.67. The van der Waals surface area contributed by atoms with E-state index >= 15 is 0 Å². The van der Waals surface area contributed by atoms with Crippen molar-refractivity contribution in [2.24, 2.45) is 5.10 Å². The summed E-state index contributed by atoms with van der Waals surface area (Å²) in [7, 11) is 0. The summed E-state index contributed by atoms with van der Waals surface area (Å²) in [6.45, 7) is 1.96. The molecule has 0 spiro atoms. The molecule has 0 aliphatic rings. The van der Waals surface area contributed by atoms with Crippen molar-refractivity contribution in [3.05, 3.63) is 60.2 Å². The number of carbonyl (C=O) groups excluding carboxylic acids is 1. The normalized spacial score (nSPS) is 10.8. The van der Waals surface area contributed by atoms with E-state index in [1.807, 2.05) is 47.7 Å². The number of carbonyl (C=O) groups is 1. The van der Waals surface area contributed by atoms with Gasteiger partial charge in [-0.15, -0.1) is 0 Å². The molecule has 2 rings (SSSR count). The summed E-state index contributed by atoms with van der Waals surface area (Å²) in [4.78, 5) is 11.9. The lowest BCUT2D eigenvalue weighted by molar-refractivity contribution is 0.0955. The third-order valence-corrected chi connectivity index (χ3v) is 4.19. The van der Waals surface area contributed by atoms with Crippen molar-refractivity contribution < 1.29 is 9.90 Å². The Balaban J connectivity index is 2.09. The topological polar surface area (TPSA) is 61.7 Å². The fourth-order valence-electron chi connectivity index (χ4n) is 1.61. The molecule has 0 saturated heterocycles. The molecule has 0 atom stereocenters. The molecular formula is C15H12I2N2O2. The molecule has 2 N–H and O–H groups in total. The van der Waals surface area contributed by atoms with Gasteiger partial charge in [0.25, 0.3) is 5.91 Å². The molecule has 0 unspecified atom stereocenters. The van der Waals surface area contributed by atoms with Crippen LogP contribution in [0.15, 0.2) is 41.5 Å². The molecule has 108 valence electrons. The van der Waals surface area contributed by atoms with Crippen LogP contribution < -0.4 is 5.43 Å². The number of phenols is 1. The van der Waals surface area contributed by atoms with E-state index in [0.29, 0.717) is 11.1 Å². The first-order valence-corrected chi connectivity index (χ1v) is 8.21. The fourth-order valence-corrected chi connectivity index (χ4v) is 3.50. The lowest BCUT2D eigenvalue weighted by Gasteiger charge is -2.03. The van der Waals surface area contributed by atoms with Crippen LogP contribution >= 0.6 is 45.2 Å².